The summed E-state index contributed by atoms with van der Waals surface area (Å²) in [6.45, 7) is 1.89. The van der Waals surface area contributed by atoms with Gasteiger partial charge in [0.25, 0.3) is 0 Å². The average Bonchev–Trinajstić information content (AvgIpc) is 2.62. The van der Waals surface area contributed by atoms with Gasteiger partial charge >= 0.3 is 0 Å². The van der Waals surface area contributed by atoms with Crippen LogP contribution >= 0.6 is 12.6 Å². The first-order valence-corrected chi connectivity index (χ1v) is 5.99. The molecule has 0 N–H and O–H groups in total. The third-order valence-corrected chi connectivity index (χ3v) is 3.59. The smallest absolute Gasteiger partial charge is 0.191 e. The zero-order valence-corrected chi connectivity index (χ0v) is 10.00. The normalized spacial score (nSPS) is 18.8. The summed E-state index contributed by atoms with van der Waals surface area (Å²) in [5, 5.41) is 0.0474. The van der Waals surface area contributed by atoms with Crippen molar-refractivity contribution in [2.24, 2.45) is 0 Å². The first kappa shape index (κ1) is 9.97. The van der Waals surface area contributed by atoms with Gasteiger partial charge in [-0.3, -0.25) is 0 Å². The van der Waals surface area contributed by atoms with Crippen LogP contribution in [0, 0.1) is 6.92 Å². The maximum absolute atomic E-state index is 5.63. The molecule has 16 heavy (non-hydrogen) atoms. The first-order valence-electron chi connectivity index (χ1n) is 5.48. The van der Waals surface area contributed by atoms with Crippen molar-refractivity contribution in [2.45, 2.75) is 25.0 Å². The van der Waals surface area contributed by atoms with Gasteiger partial charge in [0.1, 0.15) is 5.76 Å². The van der Waals surface area contributed by atoms with E-state index in [1.54, 1.807) is 0 Å². The van der Waals surface area contributed by atoms with Crippen LogP contribution in [0.2, 0.25) is 0 Å². The van der Waals surface area contributed by atoms with E-state index in [4.69, 9.17) is 4.42 Å². The zero-order chi connectivity index (χ0) is 11.1. The lowest BCUT2D eigenvalue weighted by molar-refractivity contribution is 0.473. The minimum atomic E-state index is 0.0474. The number of aryl methyl sites for hydroxylation is 3. The van der Waals surface area contributed by atoms with Gasteiger partial charge in [-0.05, 0) is 17.5 Å². The summed E-state index contributed by atoms with van der Waals surface area (Å²) in [7, 11) is 0. The number of fused-ring (bicyclic) bond motifs is 2. The van der Waals surface area contributed by atoms with Gasteiger partial charge in [0.05, 0.1) is 10.9 Å². The molecule has 0 radical (unpaired) electrons. The number of thiol groups is 1. The molecule has 0 saturated heterocycles. The number of oxazole rings is 1. The summed E-state index contributed by atoms with van der Waals surface area (Å²) in [4.78, 5) is 4.45. The molecule has 2 nitrogen and oxygen atoms in total. The van der Waals surface area contributed by atoms with E-state index in [1.807, 2.05) is 6.92 Å². The van der Waals surface area contributed by atoms with Gasteiger partial charge in [0, 0.05) is 13.3 Å². The molecule has 1 aromatic carbocycles. The Bertz CT molecular complexity index is 532. The number of aromatic nitrogens is 1. The molecule has 0 spiro atoms. The van der Waals surface area contributed by atoms with Crippen LogP contribution in [0.15, 0.2) is 28.7 Å². The van der Waals surface area contributed by atoms with Crippen molar-refractivity contribution < 1.29 is 4.42 Å². The van der Waals surface area contributed by atoms with Crippen molar-refractivity contribution in [3.63, 3.8) is 0 Å². The van der Waals surface area contributed by atoms with Crippen molar-refractivity contribution in [2.75, 3.05) is 0 Å². The van der Waals surface area contributed by atoms with Crippen LogP contribution in [0.3, 0.4) is 0 Å². The molecule has 1 aliphatic carbocycles. The molecule has 2 aromatic rings. The van der Waals surface area contributed by atoms with E-state index in [1.165, 1.54) is 11.1 Å². The van der Waals surface area contributed by atoms with Crippen LogP contribution in [0.25, 0.3) is 0 Å². The summed E-state index contributed by atoms with van der Waals surface area (Å²) >= 11 is 4.68. The van der Waals surface area contributed by atoms with E-state index in [-0.39, 0.29) is 5.25 Å². The summed E-state index contributed by atoms with van der Waals surface area (Å²) in [6.07, 6.45) is 1.93. The van der Waals surface area contributed by atoms with E-state index < -0.39 is 0 Å². The maximum atomic E-state index is 5.63. The Labute approximate surface area is 100 Å². The quantitative estimate of drug-likeness (QED) is 0.705. The predicted octanol–water partition coefficient (Wildman–Crippen LogP) is 3.10. The zero-order valence-electron chi connectivity index (χ0n) is 9.10. The Morgan fingerprint density at radius 3 is 3.00 bits per heavy atom. The molecule has 1 aromatic heterocycles. The Balaban J connectivity index is 2.16. The van der Waals surface area contributed by atoms with E-state index in [9.17, 15) is 0 Å². The monoisotopic (exact) mass is 231 g/mol. The van der Waals surface area contributed by atoms with Crippen LogP contribution in [-0.4, -0.2) is 4.98 Å². The third kappa shape index (κ3) is 1.47. The molecule has 3 rings (SSSR count). The highest BCUT2D eigenvalue weighted by molar-refractivity contribution is 7.80. The van der Waals surface area contributed by atoms with Gasteiger partial charge in [-0.1, -0.05) is 24.3 Å². The molecule has 0 bridgehead atoms. The minimum Gasteiger partial charge on any atom is -0.446 e. The topological polar surface area (TPSA) is 26.0 Å². The predicted molar refractivity (Wildman–Crippen MR) is 65.9 cm³/mol. The molecule has 0 fully saturated rings. The van der Waals surface area contributed by atoms with Gasteiger partial charge in [0.15, 0.2) is 5.89 Å². The lowest BCUT2D eigenvalue weighted by Crippen LogP contribution is -1.96. The van der Waals surface area contributed by atoms with Crippen LogP contribution in [0.4, 0.5) is 0 Å². The van der Waals surface area contributed by atoms with Crippen molar-refractivity contribution in [3.05, 3.63) is 52.7 Å². The van der Waals surface area contributed by atoms with Crippen molar-refractivity contribution >= 4 is 12.6 Å². The fourth-order valence-electron chi connectivity index (χ4n) is 2.30. The Morgan fingerprint density at radius 2 is 2.12 bits per heavy atom. The van der Waals surface area contributed by atoms with Gasteiger partial charge < -0.3 is 4.42 Å². The van der Waals surface area contributed by atoms with E-state index in [0.29, 0.717) is 0 Å². The summed E-state index contributed by atoms with van der Waals surface area (Å²) in [5.41, 5.74) is 3.61. The van der Waals surface area contributed by atoms with Crippen molar-refractivity contribution in [3.8, 4) is 0 Å². The molecule has 1 heterocycles. The third-order valence-electron chi connectivity index (χ3n) is 3.06. The number of rotatable bonds is 0. The molecular formula is C13H13NOS. The Kier molecular flexibility index (Phi) is 2.28. The second kappa shape index (κ2) is 3.67. The molecule has 3 heteroatoms. The Hall–Kier alpha value is -1.22. The average molecular weight is 231 g/mol. The van der Waals surface area contributed by atoms with Gasteiger partial charge in [-0.25, -0.2) is 4.98 Å². The maximum Gasteiger partial charge on any atom is 0.191 e. The van der Waals surface area contributed by atoms with Gasteiger partial charge in [-0.15, -0.1) is 0 Å². The summed E-state index contributed by atoms with van der Waals surface area (Å²) < 4.78 is 5.63. The number of hydrogen-bond acceptors (Lipinski definition) is 3. The standard InChI is InChI=1S/C13H13NOS/c1-8-14-12-11(15-8)7-6-9-4-2-3-5-10(9)13(12)16/h2-5,13,16H,6-7H2,1H3. The molecule has 1 atom stereocenters. The first-order chi connectivity index (χ1) is 7.75. The number of benzene rings is 1. The molecule has 82 valence electrons. The molecule has 1 unspecified atom stereocenters. The van der Waals surface area contributed by atoms with Crippen molar-refractivity contribution in [1.29, 1.82) is 0 Å². The summed E-state index contributed by atoms with van der Waals surface area (Å²) in [5.74, 6) is 1.73. The molecule has 1 aliphatic rings. The highest BCUT2D eigenvalue weighted by Gasteiger charge is 2.24. The summed E-state index contributed by atoms with van der Waals surface area (Å²) in [6, 6.07) is 8.43. The van der Waals surface area contributed by atoms with Crippen LogP contribution in [0.1, 0.15) is 33.7 Å². The molecule has 0 aliphatic heterocycles. The SMILES string of the molecule is Cc1nc2c(o1)CCc1ccccc1C2S. The second-order valence-electron chi connectivity index (χ2n) is 4.14. The minimum absolute atomic E-state index is 0.0474. The molecule has 0 saturated carbocycles. The largest absolute Gasteiger partial charge is 0.446 e. The van der Waals surface area contributed by atoms with E-state index in [2.05, 4.69) is 41.9 Å². The highest BCUT2D eigenvalue weighted by Crippen LogP contribution is 2.36. The lowest BCUT2D eigenvalue weighted by atomic mass is 10.0. The lowest BCUT2D eigenvalue weighted by Gasteiger charge is -2.10. The highest BCUT2D eigenvalue weighted by atomic mass is 32.1. The van der Waals surface area contributed by atoms with E-state index in [0.717, 1.165) is 30.2 Å². The fraction of sp³-hybridized carbons (Fsp3) is 0.308. The molecular weight excluding hydrogens is 218 g/mol. The molecule has 0 amide bonds. The van der Waals surface area contributed by atoms with Crippen molar-refractivity contribution in [1.82, 2.24) is 4.98 Å². The van der Waals surface area contributed by atoms with Gasteiger partial charge in [-0.2, -0.15) is 12.6 Å². The fourth-order valence-corrected chi connectivity index (χ4v) is 2.76. The number of nitrogens with zero attached hydrogens (tertiary/aromatic N) is 1. The van der Waals surface area contributed by atoms with Crippen LogP contribution in [0.5, 0.6) is 0 Å². The second-order valence-corrected chi connectivity index (χ2v) is 4.66. The van der Waals surface area contributed by atoms with E-state index >= 15 is 0 Å². The van der Waals surface area contributed by atoms with Crippen LogP contribution in [-0.2, 0) is 12.8 Å². The van der Waals surface area contributed by atoms with Crippen LogP contribution < -0.4 is 0 Å². The van der Waals surface area contributed by atoms with Gasteiger partial charge in [0.2, 0.25) is 0 Å². The number of hydrogen-bond donors (Lipinski definition) is 1. The Morgan fingerprint density at radius 1 is 1.31 bits per heavy atom.